The Morgan fingerprint density at radius 2 is 1.12 bits per heavy atom. The van der Waals surface area contributed by atoms with E-state index in [1.54, 1.807) is 0 Å². The summed E-state index contributed by atoms with van der Waals surface area (Å²) in [5.74, 6) is 1.50. The van der Waals surface area contributed by atoms with Crippen molar-refractivity contribution < 1.29 is 26.7 Å². The van der Waals surface area contributed by atoms with E-state index in [9.17, 15) is 13.5 Å². The number of hydrogen-bond acceptors (Lipinski definition) is 6. The monoisotopic (exact) mass is 754 g/mol. The maximum Gasteiger partial charge on any atom is 0.397 e. The summed E-state index contributed by atoms with van der Waals surface area (Å²) in [5, 5.41) is 12.3. The molecule has 52 heavy (non-hydrogen) atoms. The third-order valence-electron chi connectivity index (χ3n) is 10.1. The number of nitrogens with zero attached hydrogens (tertiary/aromatic N) is 3. The standard InChI is InChI=1S/C42H79N3O.CH4O4S/c1-4-6-8-10-12-14-16-18-20-22-24-26-28-30-32-35-41-43-38-40-45(41,3)39-34-37-44-42(46)36-33-31-29-27-25-23-21-19-17-15-13-11-9-7-5-2;1-5-6(2,3)4/h18-21H,4-17,22-40H2,1-3H3;1H3,(H,2,3,4)/b20-18-,21-19-;. The van der Waals surface area contributed by atoms with Crippen LogP contribution in [0.5, 0.6) is 0 Å². The summed E-state index contributed by atoms with van der Waals surface area (Å²) < 4.78 is 30.7. The van der Waals surface area contributed by atoms with E-state index >= 15 is 0 Å². The highest BCUT2D eigenvalue weighted by atomic mass is 32.3. The van der Waals surface area contributed by atoms with Crippen LogP contribution < -0.4 is 5.11 Å². The Labute approximate surface area is 322 Å². The number of quaternary nitrogens is 1. The molecule has 1 rings (SSSR count). The zero-order valence-corrected chi connectivity index (χ0v) is 35.3. The Morgan fingerprint density at radius 3 is 1.56 bits per heavy atom. The molecular formula is C43H83N3O5S. The number of aliphatic imine (C=N–C) groups is 2. The summed E-state index contributed by atoms with van der Waals surface area (Å²) in [5.41, 5.74) is 0. The fourth-order valence-corrected chi connectivity index (χ4v) is 6.69. The van der Waals surface area contributed by atoms with E-state index < -0.39 is 10.4 Å². The van der Waals surface area contributed by atoms with Crippen molar-refractivity contribution in [1.82, 2.24) is 0 Å². The third-order valence-corrected chi connectivity index (χ3v) is 10.6. The Balaban J connectivity index is 0.00000397. The van der Waals surface area contributed by atoms with E-state index in [-0.39, 0.29) is 5.90 Å². The van der Waals surface area contributed by atoms with Crippen LogP contribution in [0.15, 0.2) is 34.3 Å². The van der Waals surface area contributed by atoms with E-state index in [4.69, 9.17) is 9.55 Å². The van der Waals surface area contributed by atoms with E-state index in [0.717, 1.165) is 56.9 Å². The highest BCUT2D eigenvalue weighted by Gasteiger charge is 2.32. The van der Waals surface area contributed by atoms with Gasteiger partial charge in [-0.2, -0.15) is 8.42 Å². The largest absolute Gasteiger partial charge is 0.862 e. The number of rotatable bonds is 35. The van der Waals surface area contributed by atoms with Crippen molar-refractivity contribution in [1.29, 1.82) is 0 Å². The van der Waals surface area contributed by atoms with Crippen molar-refractivity contribution in [3.05, 3.63) is 24.3 Å². The molecule has 0 saturated heterocycles. The van der Waals surface area contributed by atoms with Gasteiger partial charge in [-0.3, -0.25) is 13.2 Å². The second-order valence-corrected chi connectivity index (χ2v) is 16.2. The van der Waals surface area contributed by atoms with Crippen LogP contribution in [0.4, 0.5) is 0 Å². The van der Waals surface area contributed by atoms with Crippen LogP contribution in [-0.4, -0.2) is 69.5 Å². The van der Waals surface area contributed by atoms with Crippen LogP contribution in [0, 0.1) is 0 Å². The predicted molar refractivity (Wildman–Crippen MR) is 223 cm³/mol. The zero-order valence-electron chi connectivity index (χ0n) is 34.5. The van der Waals surface area contributed by atoms with Gasteiger partial charge in [-0.15, -0.1) is 0 Å². The molecule has 0 fully saturated rings. The van der Waals surface area contributed by atoms with E-state index in [1.807, 2.05) is 0 Å². The third kappa shape index (κ3) is 34.2. The lowest BCUT2D eigenvalue weighted by Crippen LogP contribution is -2.47. The molecule has 0 aliphatic carbocycles. The van der Waals surface area contributed by atoms with Gasteiger partial charge in [0.25, 0.3) is 0 Å². The van der Waals surface area contributed by atoms with Crippen molar-refractivity contribution in [2.24, 2.45) is 9.98 Å². The molecule has 1 heterocycles. The van der Waals surface area contributed by atoms with Gasteiger partial charge in [-0.05, 0) is 76.5 Å². The maximum absolute atomic E-state index is 12.3. The van der Waals surface area contributed by atoms with Gasteiger partial charge in [0.15, 0.2) is 5.84 Å². The molecule has 1 N–H and O–H groups in total. The fourth-order valence-electron chi connectivity index (χ4n) is 6.69. The number of likely N-dealkylation sites (N-methyl/N-ethyl adjacent to an activating group) is 1. The first kappa shape index (κ1) is 50.5. The molecule has 0 aromatic heterocycles. The van der Waals surface area contributed by atoms with Gasteiger partial charge in [-0.25, -0.2) is 4.99 Å². The van der Waals surface area contributed by atoms with Gasteiger partial charge in [0, 0.05) is 19.4 Å². The van der Waals surface area contributed by atoms with Crippen molar-refractivity contribution in [3.63, 3.8) is 0 Å². The first-order valence-electron chi connectivity index (χ1n) is 21.6. The van der Waals surface area contributed by atoms with Crippen molar-refractivity contribution >= 4 is 22.1 Å². The van der Waals surface area contributed by atoms with Gasteiger partial charge in [0.05, 0.1) is 27.2 Å². The second-order valence-electron chi connectivity index (χ2n) is 15.0. The summed E-state index contributed by atoms with van der Waals surface area (Å²) in [4.78, 5) is 9.28. The number of hydrogen-bond donors (Lipinski definition) is 1. The molecule has 1 aliphatic heterocycles. The molecule has 0 aromatic rings. The summed E-state index contributed by atoms with van der Waals surface area (Å²) in [6.45, 7) is 8.38. The van der Waals surface area contributed by atoms with Gasteiger partial charge >= 0.3 is 10.4 Å². The number of allylic oxidation sites excluding steroid dienone is 4. The van der Waals surface area contributed by atoms with Crippen LogP contribution in [-0.2, 0) is 14.6 Å². The molecule has 0 aromatic carbocycles. The molecule has 0 amide bonds. The number of amidine groups is 1. The topological polar surface area (TPSA) is 111 Å². The van der Waals surface area contributed by atoms with Gasteiger partial charge < -0.3 is 10.1 Å². The SMILES string of the molecule is CCCCCCCC/C=C\CCCCCCCC([O-])=NCCC[N+]1(C)CCN=C1CCCCCCC/C=C\CCCCCCCC.COS(=O)(=O)O. The van der Waals surface area contributed by atoms with E-state index in [2.05, 4.69) is 54.4 Å². The van der Waals surface area contributed by atoms with Crippen LogP contribution in [0.25, 0.3) is 0 Å². The van der Waals surface area contributed by atoms with Gasteiger partial charge in [0.2, 0.25) is 0 Å². The highest BCUT2D eigenvalue weighted by Crippen LogP contribution is 2.19. The van der Waals surface area contributed by atoms with Crippen molar-refractivity contribution in [2.75, 3.05) is 40.3 Å². The molecule has 1 atom stereocenters. The fraction of sp³-hybridized carbons (Fsp3) is 0.860. The molecule has 0 saturated carbocycles. The first-order valence-corrected chi connectivity index (χ1v) is 23.0. The molecule has 306 valence electrons. The molecule has 0 radical (unpaired) electrons. The summed E-state index contributed by atoms with van der Waals surface area (Å²) >= 11 is 0. The van der Waals surface area contributed by atoms with Crippen LogP contribution in [0.2, 0.25) is 0 Å². The lowest BCUT2D eigenvalue weighted by Gasteiger charge is -2.30. The lowest BCUT2D eigenvalue weighted by atomic mass is 10.1. The average Bonchev–Trinajstić information content (AvgIpc) is 3.49. The average molecular weight is 754 g/mol. The molecule has 0 spiro atoms. The van der Waals surface area contributed by atoms with Crippen molar-refractivity contribution in [2.45, 2.75) is 200 Å². The predicted octanol–water partition coefficient (Wildman–Crippen LogP) is 11.5. The Morgan fingerprint density at radius 1 is 0.712 bits per heavy atom. The summed E-state index contributed by atoms with van der Waals surface area (Å²) in [6, 6.07) is 0. The second kappa shape index (κ2) is 36.4. The number of unbranched alkanes of at least 4 members (excludes halogenated alkanes) is 22. The maximum atomic E-state index is 12.3. The minimum absolute atomic E-state index is 0.115. The first-order chi connectivity index (χ1) is 25.2. The Hall–Kier alpha value is -1.55. The summed E-state index contributed by atoms with van der Waals surface area (Å²) in [6.07, 6.45) is 46.6. The lowest BCUT2D eigenvalue weighted by molar-refractivity contribution is -0.815. The Bertz CT molecular complexity index is 1030. The Kier molecular flexibility index (Phi) is 35.3. The normalized spacial score (nSPS) is 16.6. The molecule has 1 unspecified atom stereocenters. The smallest absolute Gasteiger partial charge is 0.397 e. The quantitative estimate of drug-likeness (QED) is 0.0173. The van der Waals surface area contributed by atoms with Crippen LogP contribution in [0.1, 0.15) is 200 Å². The molecule has 0 bridgehead atoms. The van der Waals surface area contributed by atoms with E-state index in [1.165, 1.54) is 160 Å². The van der Waals surface area contributed by atoms with Crippen molar-refractivity contribution in [3.8, 4) is 0 Å². The summed E-state index contributed by atoms with van der Waals surface area (Å²) in [7, 11) is -0.948. The highest BCUT2D eigenvalue weighted by molar-refractivity contribution is 7.80. The van der Waals surface area contributed by atoms with E-state index in [0.29, 0.717) is 13.0 Å². The van der Waals surface area contributed by atoms with Gasteiger partial charge in [-0.1, -0.05) is 141 Å². The minimum atomic E-state index is -4.16. The molecule has 1 aliphatic rings. The molecule has 8 nitrogen and oxygen atoms in total. The minimum Gasteiger partial charge on any atom is -0.862 e. The molecular weight excluding hydrogens is 671 g/mol. The zero-order chi connectivity index (χ0) is 38.4. The molecule has 9 heteroatoms. The van der Waals surface area contributed by atoms with Crippen LogP contribution >= 0.6 is 0 Å². The van der Waals surface area contributed by atoms with Crippen LogP contribution in [0.3, 0.4) is 0 Å². The van der Waals surface area contributed by atoms with Gasteiger partial charge in [0.1, 0.15) is 6.54 Å².